The maximum absolute atomic E-state index is 12.1. The molecule has 25 heavy (non-hydrogen) atoms. The Morgan fingerprint density at radius 3 is 2.52 bits per heavy atom. The van der Waals surface area contributed by atoms with Gasteiger partial charge in [-0.2, -0.15) is 0 Å². The Morgan fingerprint density at radius 2 is 1.92 bits per heavy atom. The molecule has 0 fully saturated rings. The van der Waals surface area contributed by atoms with Crippen LogP contribution in [0.1, 0.15) is 56.2 Å². The third-order valence-electron chi connectivity index (χ3n) is 3.79. The summed E-state index contributed by atoms with van der Waals surface area (Å²) in [4.78, 5) is 17.9. The van der Waals surface area contributed by atoms with Crippen molar-refractivity contribution in [3.63, 3.8) is 0 Å². The number of hydrogen-bond acceptors (Lipinski definition) is 4. The van der Waals surface area contributed by atoms with Gasteiger partial charge in [0, 0.05) is 28.2 Å². The van der Waals surface area contributed by atoms with Gasteiger partial charge in [0.05, 0.1) is 5.69 Å². The Morgan fingerprint density at radius 1 is 1.24 bits per heavy atom. The van der Waals surface area contributed by atoms with Gasteiger partial charge in [0.15, 0.2) is 5.13 Å². The number of amides is 1. The van der Waals surface area contributed by atoms with Crippen LogP contribution in [0.4, 0.5) is 5.13 Å². The standard InChI is InChI=1S/C19H26ClN3OS/c1-19(2,3)17-15(12-13-7-9-14(20)10-8-13)25-18(23-17)22-16(24)6-4-5-11-21/h7-10H,4-6,11-12,21H2,1-3H3,(H,22,23,24). The molecule has 136 valence electrons. The molecule has 1 aromatic heterocycles. The normalized spacial score (nSPS) is 11.6. The molecule has 1 heterocycles. The van der Waals surface area contributed by atoms with Crippen LogP contribution in [0.25, 0.3) is 0 Å². The van der Waals surface area contributed by atoms with E-state index in [-0.39, 0.29) is 11.3 Å². The Labute approximate surface area is 158 Å². The lowest BCUT2D eigenvalue weighted by Gasteiger charge is -2.17. The molecule has 0 unspecified atom stereocenters. The van der Waals surface area contributed by atoms with E-state index in [9.17, 15) is 4.79 Å². The van der Waals surface area contributed by atoms with Crippen molar-refractivity contribution in [2.24, 2.45) is 5.73 Å². The maximum atomic E-state index is 12.1. The zero-order valence-electron chi connectivity index (χ0n) is 15.1. The minimum Gasteiger partial charge on any atom is -0.330 e. The highest BCUT2D eigenvalue weighted by Crippen LogP contribution is 2.34. The third-order valence-corrected chi connectivity index (χ3v) is 5.01. The van der Waals surface area contributed by atoms with Gasteiger partial charge in [-0.05, 0) is 37.1 Å². The number of carbonyl (C=O) groups excluding carboxylic acids is 1. The molecule has 0 bridgehead atoms. The van der Waals surface area contributed by atoms with E-state index in [1.807, 2.05) is 24.3 Å². The Kier molecular flexibility index (Phi) is 6.99. The number of halogens is 1. The predicted octanol–water partition coefficient (Wildman–Crippen LogP) is 4.75. The molecule has 0 aliphatic carbocycles. The number of anilines is 1. The molecule has 4 nitrogen and oxygen atoms in total. The van der Waals surface area contributed by atoms with E-state index in [1.54, 1.807) is 11.3 Å². The zero-order chi connectivity index (χ0) is 18.4. The first kappa shape index (κ1) is 19.9. The summed E-state index contributed by atoms with van der Waals surface area (Å²) in [5.41, 5.74) is 7.60. The molecule has 0 radical (unpaired) electrons. The van der Waals surface area contributed by atoms with Crippen LogP contribution in [0.2, 0.25) is 5.02 Å². The lowest BCUT2D eigenvalue weighted by Crippen LogP contribution is -2.15. The molecule has 6 heteroatoms. The Bertz CT molecular complexity index is 704. The highest BCUT2D eigenvalue weighted by atomic mass is 35.5. The first-order valence-electron chi connectivity index (χ1n) is 8.54. The summed E-state index contributed by atoms with van der Waals surface area (Å²) < 4.78 is 0. The van der Waals surface area contributed by atoms with Gasteiger partial charge in [-0.1, -0.05) is 44.5 Å². The molecular formula is C19H26ClN3OS. The van der Waals surface area contributed by atoms with Crippen LogP contribution in [0, 0.1) is 0 Å². The van der Waals surface area contributed by atoms with Crippen molar-refractivity contribution >= 4 is 34.0 Å². The molecule has 0 spiro atoms. The predicted molar refractivity (Wildman–Crippen MR) is 107 cm³/mol. The highest BCUT2D eigenvalue weighted by Gasteiger charge is 2.24. The summed E-state index contributed by atoms with van der Waals surface area (Å²) in [6, 6.07) is 7.85. The van der Waals surface area contributed by atoms with Gasteiger partial charge in [-0.25, -0.2) is 4.98 Å². The maximum Gasteiger partial charge on any atom is 0.226 e. The highest BCUT2D eigenvalue weighted by molar-refractivity contribution is 7.15. The Hall–Kier alpha value is -1.43. The van der Waals surface area contributed by atoms with Crippen molar-refractivity contribution in [1.29, 1.82) is 0 Å². The molecule has 0 atom stereocenters. The van der Waals surface area contributed by atoms with Gasteiger partial charge in [0.2, 0.25) is 5.91 Å². The van der Waals surface area contributed by atoms with Gasteiger partial charge in [0.1, 0.15) is 0 Å². The van der Waals surface area contributed by atoms with E-state index in [0.717, 1.165) is 30.0 Å². The van der Waals surface area contributed by atoms with Gasteiger partial charge >= 0.3 is 0 Å². The summed E-state index contributed by atoms with van der Waals surface area (Å²) in [5.74, 6) is 0.000650. The number of unbranched alkanes of at least 4 members (excludes halogenated alkanes) is 1. The molecular weight excluding hydrogens is 354 g/mol. The summed E-state index contributed by atoms with van der Waals surface area (Å²) in [7, 11) is 0. The van der Waals surface area contributed by atoms with Gasteiger partial charge < -0.3 is 11.1 Å². The van der Waals surface area contributed by atoms with E-state index in [2.05, 4.69) is 26.1 Å². The molecule has 0 saturated heterocycles. The summed E-state index contributed by atoms with van der Waals surface area (Å²) in [6.45, 7) is 7.03. The van der Waals surface area contributed by atoms with Gasteiger partial charge in [-0.3, -0.25) is 4.79 Å². The van der Waals surface area contributed by atoms with Crippen molar-refractivity contribution in [3.8, 4) is 0 Å². The smallest absolute Gasteiger partial charge is 0.226 e. The number of benzene rings is 1. The Balaban J connectivity index is 2.16. The molecule has 0 aliphatic heterocycles. The van der Waals surface area contributed by atoms with Crippen molar-refractivity contribution < 1.29 is 4.79 Å². The number of nitrogens with one attached hydrogen (secondary N) is 1. The van der Waals surface area contributed by atoms with Crippen LogP contribution in [-0.2, 0) is 16.6 Å². The van der Waals surface area contributed by atoms with Gasteiger partial charge in [-0.15, -0.1) is 11.3 Å². The lowest BCUT2D eigenvalue weighted by atomic mass is 9.90. The van der Waals surface area contributed by atoms with Crippen molar-refractivity contribution in [3.05, 3.63) is 45.4 Å². The lowest BCUT2D eigenvalue weighted by molar-refractivity contribution is -0.116. The van der Waals surface area contributed by atoms with E-state index in [0.29, 0.717) is 18.1 Å². The topological polar surface area (TPSA) is 68.0 Å². The van der Waals surface area contributed by atoms with Crippen LogP contribution >= 0.6 is 22.9 Å². The number of rotatable bonds is 7. The fraction of sp³-hybridized carbons (Fsp3) is 0.474. The molecule has 0 saturated carbocycles. The number of carbonyl (C=O) groups is 1. The van der Waals surface area contributed by atoms with E-state index in [1.165, 1.54) is 10.4 Å². The first-order chi connectivity index (χ1) is 11.8. The molecule has 3 N–H and O–H groups in total. The molecule has 1 aromatic carbocycles. The molecule has 1 amide bonds. The zero-order valence-corrected chi connectivity index (χ0v) is 16.6. The number of nitrogens with two attached hydrogens (primary N) is 1. The number of hydrogen-bond donors (Lipinski definition) is 2. The number of nitrogens with zero attached hydrogens (tertiary/aromatic N) is 1. The fourth-order valence-corrected chi connectivity index (χ4v) is 3.86. The van der Waals surface area contributed by atoms with E-state index in [4.69, 9.17) is 22.3 Å². The molecule has 2 aromatic rings. The minimum atomic E-state index is -0.0826. The number of aromatic nitrogens is 1. The largest absolute Gasteiger partial charge is 0.330 e. The van der Waals surface area contributed by atoms with Crippen LogP contribution in [0.3, 0.4) is 0 Å². The monoisotopic (exact) mass is 379 g/mol. The van der Waals surface area contributed by atoms with Crippen LogP contribution in [0.15, 0.2) is 24.3 Å². The van der Waals surface area contributed by atoms with Crippen LogP contribution in [-0.4, -0.2) is 17.4 Å². The second-order valence-electron chi connectivity index (χ2n) is 7.14. The third kappa shape index (κ3) is 6.10. The minimum absolute atomic E-state index is 0.000650. The second kappa shape index (κ2) is 8.79. The van der Waals surface area contributed by atoms with E-state index < -0.39 is 0 Å². The summed E-state index contributed by atoms with van der Waals surface area (Å²) in [5, 5.41) is 4.34. The fourth-order valence-electron chi connectivity index (χ4n) is 2.51. The van der Waals surface area contributed by atoms with Gasteiger partial charge in [0.25, 0.3) is 0 Å². The average Bonchev–Trinajstić information content (AvgIpc) is 2.92. The van der Waals surface area contributed by atoms with Crippen molar-refractivity contribution in [2.45, 2.75) is 51.9 Å². The van der Waals surface area contributed by atoms with Crippen LogP contribution < -0.4 is 11.1 Å². The molecule has 0 aliphatic rings. The van der Waals surface area contributed by atoms with Crippen LogP contribution in [0.5, 0.6) is 0 Å². The van der Waals surface area contributed by atoms with Crippen molar-refractivity contribution in [1.82, 2.24) is 4.98 Å². The second-order valence-corrected chi connectivity index (χ2v) is 8.66. The first-order valence-corrected chi connectivity index (χ1v) is 9.73. The van der Waals surface area contributed by atoms with Crippen molar-refractivity contribution in [2.75, 3.05) is 11.9 Å². The summed E-state index contributed by atoms with van der Waals surface area (Å²) in [6.07, 6.45) is 2.93. The number of thiazole rings is 1. The van der Waals surface area contributed by atoms with E-state index >= 15 is 0 Å². The average molecular weight is 380 g/mol. The SMILES string of the molecule is CC(C)(C)c1nc(NC(=O)CCCCN)sc1Cc1ccc(Cl)cc1. The molecule has 2 rings (SSSR count). The summed E-state index contributed by atoms with van der Waals surface area (Å²) >= 11 is 7.52. The quantitative estimate of drug-likeness (QED) is 0.682.